The third-order valence-electron chi connectivity index (χ3n) is 1.15. The predicted molar refractivity (Wildman–Crippen MR) is 39.6 cm³/mol. The van der Waals surface area contributed by atoms with Crippen molar-refractivity contribution in [3.63, 3.8) is 0 Å². The SMILES string of the molecule is CCCCON(O)CCC. The lowest BCUT2D eigenvalue weighted by Gasteiger charge is -2.12. The third-order valence-corrected chi connectivity index (χ3v) is 1.15. The first kappa shape index (κ1) is 9.88. The van der Waals surface area contributed by atoms with Gasteiger partial charge < -0.3 is 0 Å². The van der Waals surface area contributed by atoms with Crippen molar-refractivity contribution in [1.29, 1.82) is 0 Å². The maximum atomic E-state index is 8.89. The van der Waals surface area contributed by atoms with Gasteiger partial charge in [-0.3, -0.25) is 10.0 Å². The molecule has 0 atom stereocenters. The Bertz CT molecular complexity index is 68.6. The summed E-state index contributed by atoms with van der Waals surface area (Å²) >= 11 is 0. The van der Waals surface area contributed by atoms with Gasteiger partial charge in [-0.1, -0.05) is 25.5 Å². The maximum Gasteiger partial charge on any atom is 0.0711 e. The van der Waals surface area contributed by atoms with Gasteiger partial charge in [-0.05, 0) is 12.8 Å². The van der Waals surface area contributed by atoms with E-state index in [0.29, 0.717) is 13.2 Å². The highest BCUT2D eigenvalue weighted by atomic mass is 16.9. The monoisotopic (exact) mass is 147 g/mol. The van der Waals surface area contributed by atoms with Gasteiger partial charge in [0, 0.05) is 0 Å². The van der Waals surface area contributed by atoms with E-state index in [-0.39, 0.29) is 0 Å². The summed E-state index contributed by atoms with van der Waals surface area (Å²) in [5, 5.41) is 9.80. The number of hydroxylamine groups is 2. The lowest BCUT2D eigenvalue weighted by molar-refractivity contribution is -0.340. The van der Waals surface area contributed by atoms with Gasteiger partial charge >= 0.3 is 0 Å². The van der Waals surface area contributed by atoms with E-state index >= 15 is 0 Å². The largest absolute Gasteiger partial charge is 0.290 e. The first-order chi connectivity index (χ1) is 4.81. The third kappa shape index (κ3) is 6.01. The zero-order valence-electron chi connectivity index (χ0n) is 6.84. The maximum absolute atomic E-state index is 8.89. The van der Waals surface area contributed by atoms with Crippen molar-refractivity contribution in [3.05, 3.63) is 0 Å². The standard InChI is InChI=1S/C7H17NO2/c1-3-5-7-10-8(9)6-4-2/h9H,3-7H2,1-2H3. The molecule has 0 saturated heterocycles. The highest BCUT2D eigenvalue weighted by molar-refractivity contribution is 4.30. The van der Waals surface area contributed by atoms with Crippen molar-refractivity contribution in [2.24, 2.45) is 0 Å². The molecule has 0 amide bonds. The molecule has 0 radical (unpaired) electrons. The van der Waals surface area contributed by atoms with Crippen molar-refractivity contribution in [3.8, 4) is 0 Å². The molecule has 3 heteroatoms. The van der Waals surface area contributed by atoms with E-state index in [1.54, 1.807) is 0 Å². The molecule has 0 aromatic carbocycles. The summed E-state index contributed by atoms with van der Waals surface area (Å²) in [6.45, 7) is 5.29. The van der Waals surface area contributed by atoms with Gasteiger partial charge in [0.1, 0.15) is 0 Å². The van der Waals surface area contributed by atoms with Gasteiger partial charge in [-0.2, -0.15) is 0 Å². The minimum atomic E-state index is 0.587. The number of hydrogen-bond acceptors (Lipinski definition) is 3. The van der Waals surface area contributed by atoms with Crippen LogP contribution in [-0.2, 0) is 4.84 Å². The van der Waals surface area contributed by atoms with E-state index in [1.165, 1.54) is 0 Å². The van der Waals surface area contributed by atoms with E-state index in [9.17, 15) is 0 Å². The van der Waals surface area contributed by atoms with Crippen LogP contribution in [0.25, 0.3) is 0 Å². The smallest absolute Gasteiger partial charge is 0.0711 e. The molecule has 0 spiro atoms. The van der Waals surface area contributed by atoms with Crippen molar-refractivity contribution < 1.29 is 10.0 Å². The van der Waals surface area contributed by atoms with Crippen LogP contribution in [0.1, 0.15) is 33.1 Å². The summed E-state index contributed by atoms with van der Waals surface area (Å²) in [6, 6.07) is 0. The molecule has 1 N–H and O–H groups in total. The molecule has 10 heavy (non-hydrogen) atoms. The Balaban J connectivity index is 2.97. The molecule has 0 aliphatic rings. The van der Waals surface area contributed by atoms with Gasteiger partial charge in [-0.25, -0.2) is 0 Å². The Labute approximate surface area is 62.5 Å². The highest BCUT2D eigenvalue weighted by Gasteiger charge is 1.95. The van der Waals surface area contributed by atoms with E-state index in [0.717, 1.165) is 24.5 Å². The van der Waals surface area contributed by atoms with Gasteiger partial charge in [0.15, 0.2) is 0 Å². The first-order valence-electron chi connectivity index (χ1n) is 3.90. The summed E-state index contributed by atoms with van der Waals surface area (Å²) in [7, 11) is 0. The summed E-state index contributed by atoms with van der Waals surface area (Å²) in [5.41, 5.74) is 0. The average Bonchev–Trinajstić information content (AvgIpc) is 1.89. The van der Waals surface area contributed by atoms with Crippen LogP contribution in [0.15, 0.2) is 0 Å². The molecule has 0 heterocycles. The van der Waals surface area contributed by atoms with E-state index in [1.807, 2.05) is 6.92 Å². The van der Waals surface area contributed by atoms with E-state index < -0.39 is 0 Å². The van der Waals surface area contributed by atoms with Gasteiger partial charge in [0.25, 0.3) is 0 Å². The molecule has 0 bridgehead atoms. The van der Waals surface area contributed by atoms with Crippen LogP contribution in [0.2, 0.25) is 0 Å². The fourth-order valence-electron chi connectivity index (χ4n) is 0.570. The zero-order chi connectivity index (χ0) is 7.82. The van der Waals surface area contributed by atoms with Crippen LogP contribution in [0.4, 0.5) is 0 Å². The Morgan fingerprint density at radius 2 is 2.00 bits per heavy atom. The Hall–Kier alpha value is -0.120. The fourth-order valence-corrected chi connectivity index (χ4v) is 0.570. The molecule has 0 aromatic heterocycles. The first-order valence-corrected chi connectivity index (χ1v) is 3.90. The summed E-state index contributed by atoms with van der Waals surface area (Å²) in [5.74, 6) is 0. The van der Waals surface area contributed by atoms with Crippen molar-refractivity contribution in [2.75, 3.05) is 13.2 Å². The molecule has 0 aliphatic heterocycles. The van der Waals surface area contributed by atoms with Crippen LogP contribution in [0.5, 0.6) is 0 Å². The van der Waals surface area contributed by atoms with Crippen molar-refractivity contribution >= 4 is 0 Å². The zero-order valence-corrected chi connectivity index (χ0v) is 6.84. The van der Waals surface area contributed by atoms with Gasteiger partial charge in [0.2, 0.25) is 0 Å². The van der Waals surface area contributed by atoms with Crippen LogP contribution in [-0.4, -0.2) is 23.6 Å². The van der Waals surface area contributed by atoms with Crippen LogP contribution < -0.4 is 0 Å². The van der Waals surface area contributed by atoms with Crippen LogP contribution in [0, 0.1) is 0 Å². The summed E-state index contributed by atoms with van der Waals surface area (Å²) in [6.07, 6.45) is 3.00. The fraction of sp³-hybridized carbons (Fsp3) is 1.00. The van der Waals surface area contributed by atoms with E-state index in [2.05, 4.69) is 6.92 Å². The predicted octanol–water partition coefficient (Wildman–Crippen LogP) is 1.82. The molecule has 0 unspecified atom stereocenters. The molecule has 0 fully saturated rings. The number of hydrogen-bond donors (Lipinski definition) is 1. The van der Waals surface area contributed by atoms with Crippen LogP contribution in [0.3, 0.4) is 0 Å². The second kappa shape index (κ2) is 6.99. The average molecular weight is 147 g/mol. The molecular weight excluding hydrogens is 130 g/mol. The normalized spacial score (nSPS) is 10.8. The molecule has 0 rings (SSSR count). The number of nitrogens with zero attached hydrogens (tertiary/aromatic N) is 1. The molecule has 0 saturated carbocycles. The number of rotatable bonds is 6. The summed E-state index contributed by atoms with van der Waals surface area (Å²) in [4.78, 5) is 4.91. The molecule has 0 aromatic rings. The topological polar surface area (TPSA) is 32.7 Å². The lowest BCUT2D eigenvalue weighted by Crippen LogP contribution is -2.20. The summed E-state index contributed by atoms with van der Waals surface area (Å²) < 4.78 is 0. The van der Waals surface area contributed by atoms with E-state index in [4.69, 9.17) is 10.0 Å². The second-order valence-corrected chi connectivity index (χ2v) is 2.26. The highest BCUT2D eigenvalue weighted by Crippen LogP contribution is 1.91. The number of unbranched alkanes of at least 4 members (excludes halogenated alkanes) is 1. The Kier molecular flexibility index (Phi) is 6.91. The minimum absolute atomic E-state index is 0.587. The lowest BCUT2D eigenvalue weighted by atomic mass is 10.4. The quantitative estimate of drug-likeness (QED) is 0.459. The minimum Gasteiger partial charge on any atom is -0.290 e. The van der Waals surface area contributed by atoms with Gasteiger partial charge in [0.05, 0.1) is 13.2 Å². The molecule has 3 nitrogen and oxygen atoms in total. The van der Waals surface area contributed by atoms with Crippen molar-refractivity contribution in [2.45, 2.75) is 33.1 Å². The van der Waals surface area contributed by atoms with Crippen LogP contribution >= 0.6 is 0 Å². The van der Waals surface area contributed by atoms with Crippen molar-refractivity contribution in [1.82, 2.24) is 5.23 Å². The Morgan fingerprint density at radius 1 is 1.30 bits per heavy atom. The molecular formula is C7H17NO2. The second-order valence-electron chi connectivity index (χ2n) is 2.26. The Morgan fingerprint density at radius 3 is 2.50 bits per heavy atom. The van der Waals surface area contributed by atoms with Gasteiger partial charge in [-0.15, -0.1) is 0 Å². The molecule has 0 aliphatic carbocycles. The molecule has 62 valence electrons.